The van der Waals surface area contributed by atoms with Crippen molar-refractivity contribution in [2.45, 2.75) is 44.1 Å². The van der Waals surface area contributed by atoms with Crippen molar-refractivity contribution in [1.82, 2.24) is 19.7 Å². The van der Waals surface area contributed by atoms with Crippen molar-refractivity contribution in [3.8, 4) is 0 Å². The molecule has 2 aromatic heterocycles. The van der Waals surface area contributed by atoms with Crippen LogP contribution in [-0.4, -0.2) is 30.8 Å². The molecule has 0 bridgehead atoms. The van der Waals surface area contributed by atoms with Gasteiger partial charge in [-0.25, -0.2) is 9.37 Å². The van der Waals surface area contributed by atoms with Crippen LogP contribution >= 0.6 is 11.6 Å². The van der Waals surface area contributed by atoms with Crippen LogP contribution in [0, 0.1) is 24.6 Å². The molecule has 2 heterocycles. The average molecular weight is 458 g/mol. The maximum atomic E-state index is 13.4. The van der Waals surface area contributed by atoms with Gasteiger partial charge in [-0.15, -0.1) is 0 Å². The van der Waals surface area contributed by atoms with Gasteiger partial charge in [-0.3, -0.25) is 9.89 Å². The highest BCUT2D eigenvalue weighted by Crippen LogP contribution is 2.56. The number of carbonyl (C=O) groups excluding carboxylic acids is 1. The van der Waals surface area contributed by atoms with Gasteiger partial charge in [0.25, 0.3) is 5.91 Å². The van der Waals surface area contributed by atoms with Crippen molar-refractivity contribution in [3.05, 3.63) is 64.2 Å². The summed E-state index contributed by atoms with van der Waals surface area (Å²) in [5.41, 5.74) is 2.63. The summed E-state index contributed by atoms with van der Waals surface area (Å²) in [6.07, 6.45) is 6.51. The molecule has 2 aliphatic rings. The molecule has 2 aliphatic carbocycles. The molecular formula is C23H25ClFN5O2. The second kappa shape index (κ2) is 7.71. The fourth-order valence-corrected chi connectivity index (χ4v) is 5.88. The summed E-state index contributed by atoms with van der Waals surface area (Å²) in [6, 6.07) is 4.10. The van der Waals surface area contributed by atoms with E-state index >= 15 is 0 Å². The van der Waals surface area contributed by atoms with E-state index in [1.54, 1.807) is 24.1 Å². The van der Waals surface area contributed by atoms with Crippen LogP contribution in [0.3, 0.4) is 0 Å². The lowest BCUT2D eigenvalue weighted by Crippen LogP contribution is -2.25. The molecule has 168 valence electrons. The number of aromatic amines is 1. The Kier molecular flexibility index (Phi) is 5.09. The standard InChI is InChI=1S/C23H25ClFN5O2/c1-12-10-27-29-21(12)23(32)8-14-5-13(6-15(14)9-23)19-20(30(2)11-26-19)22(31)28-16-3-4-18(25)17(24)7-16/h3-4,7,10-11,13-15,32H,5-6,8-9H2,1-2H3,(H,27,29)(H,28,31). The van der Waals surface area contributed by atoms with Crippen molar-refractivity contribution in [2.24, 2.45) is 18.9 Å². The first-order valence-corrected chi connectivity index (χ1v) is 11.1. The van der Waals surface area contributed by atoms with E-state index in [0.29, 0.717) is 36.1 Å². The van der Waals surface area contributed by atoms with E-state index < -0.39 is 11.4 Å². The van der Waals surface area contributed by atoms with Crippen LogP contribution in [0.1, 0.15) is 59.0 Å². The third-order valence-corrected chi connectivity index (χ3v) is 7.37. The number of anilines is 1. The number of imidazole rings is 1. The molecule has 1 aromatic carbocycles. The number of rotatable bonds is 4. The van der Waals surface area contributed by atoms with Crippen LogP contribution in [0.15, 0.2) is 30.7 Å². The lowest BCUT2D eigenvalue weighted by Gasteiger charge is -2.24. The lowest BCUT2D eigenvalue weighted by atomic mass is 9.89. The molecule has 1 amide bonds. The largest absolute Gasteiger partial charge is 0.384 e. The van der Waals surface area contributed by atoms with E-state index in [-0.39, 0.29) is 16.8 Å². The van der Waals surface area contributed by atoms with Crippen LogP contribution in [-0.2, 0) is 12.6 Å². The van der Waals surface area contributed by atoms with Gasteiger partial charge < -0.3 is 15.0 Å². The SMILES string of the molecule is Cc1cn[nH]c1C1(O)CC2CC(c3ncn(C)c3C(=O)Nc3ccc(F)c(Cl)c3)CC2C1. The Bertz CT molecular complexity index is 1180. The molecule has 7 nitrogen and oxygen atoms in total. The zero-order valence-electron chi connectivity index (χ0n) is 17.9. The number of aryl methyl sites for hydroxylation is 2. The predicted molar refractivity (Wildman–Crippen MR) is 118 cm³/mol. The number of amides is 1. The van der Waals surface area contributed by atoms with Gasteiger partial charge in [0.15, 0.2) is 0 Å². The molecule has 0 aliphatic heterocycles. The third-order valence-electron chi connectivity index (χ3n) is 7.08. The highest BCUT2D eigenvalue weighted by atomic mass is 35.5. The summed E-state index contributed by atoms with van der Waals surface area (Å²) in [6.45, 7) is 1.96. The van der Waals surface area contributed by atoms with Gasteiger partial charge in [-0.1, -0.05) is 11.6 Å². The second-order valence-corrected chi connectivity index (χ2v) is 9.64. The molecule has 3 N–H and O–H groups in total. The highest BCUT2D eigenvalue weighted by Gasteiger charge is 2.51. The Labute approximate surface area is 190 Å². The number of halogens is 2. The van der Waals surface area contributed by atoms with Gasteiger partial charge in [-0.2, -0.15) is 5.10 Å². The fraction of sp³-hybridized carbons (Fsp3) is 0.435. The van der Waals surface area contributed by atoms with Gasteiger partial charge in [0.2, 0.25) is 0 Å². The first kappa shape index (κ1) is 21.2. The van der Waals surface area contributed by atoms with Crippen molar-refractivity contribution in [3.63, 3.8) is 0 Å². The van der Waals surface area contributed by atoms with Crippen LogP contribution in [0.5, 0.6) is 0 Å². The minimum absolute atomic E-state index is 0.0448. The molecule has 5 rings (SSSR count). The summed E-state index contributed by atoms with van der Waals surface area (Å²) in [4.78, 5) is 17.6. The quantitative estimate of drug-likeness (QED) is 0.544. The van der Waals surface area contributed by atoms with Gasteiger partial charge >= 0.3 is 0 Å². The fourth-order valence-electron chi connectivity index (χ4n) is 5.70. The van der Waals surface area contributed by atoms with Crippen molar-refractivity contribution in [1.29, 1.82) is 0 Å². The average Bonchev–Trinajstić information content (AvgIpc) is 3.47. The molecule has 2 saturated carbocycles. The van der Waals surface area contributed by atoms with Crippen LogP contribution in [0.4, 0.5) is 10.1 Å². The van der Waals surface area contributed by atoms with Gasteiger partial charge in [0.05, 0.1) is 28.9 Å². The summed E-state index contributed by atoms with van der Waals surface area (Å²) in [7, 11) is 1.79. The van der Waals surface area contributed by atoms with Crippen LogP contribution < -0.4 is 5.32 Å². The normalized spacial score (nSPS) is 27.0. The van der Waals surface area contributed by atoms with Crippen molar-refractivity contribution >= 4 is 23.2 Å². The number of nitrogens with zero attached hydrogens (tertiary/aromatic N) is 3. The predicted octanol–water partition coefficient (Wildman–Crippen LogP) is 4.29. The number of carbonyl (C=O) groups is 1. The first-order chi connectivity index (χ1) is 15.2. The molecule has 3 aromatic rings. The van der Waals surface area contributed by atoms with E-state index in [1.807, 2.05) is 6.92 Å². The molecule has 2 atom stereocenters. The topological polar surface area (TPSA) is 95.8 Å². The molecule has 0 spiro atoms. The Morgan fingerprint density at radius 3 is 2.69 bits per heavy atom. The minimum Gasteiger partial charge on any atom is -0.384 e. The van der Waals surface area contributed by atoms with Crippen LogP contribution in [0.25, 0.3) is 0 Å². The minimum atomic E-state index is -0.868. The van der Waals surface area contributed by atoms with E-state index in [1.165, 1.54) is 18.2 Å². The zero-order chi connectivity index (χ0) is 22.6. The van der Waals surface area contributed by atoms with E-state index in [2.05, 4.69) is 20.5 Å². The number of aromatic nitrogens is 4. The first-order valence-electron chi connectivity index (χ1n) is 10.8. The zero-order valence-corrected chi connectivity index (χ0v) is 18.7. The smallest absolute Gasteiger partial charge is 0.274 e. The summed E-state index contributed by atoms with van der Waals surface area (Å²) in [5, 5.41) is 21.1. The third kappa shape index (κ3) is 3.51. The van der Waals surface area contributed by atoms with E-state index in [9.17, 15) is 14.3 Å². The summed E-state index contributed by atoms with van der Waals surface area (Å²) >= 11 is 5.84. The number of H-pyrrole nitrogens is 1. The number of aliphatic hydroxyl groups is 1. The Hall–Kier alpha value is -2.71. The lowest BCUT2D eigenvalue weighted by molar-refractivity contribution is 0.0294. The number of benzene rings is 1. The number of hydrogen-bond donors (Lipinski definition) is 3. The molecule has 2 fully saturated rings. The number of hydrogen-bond acceptors (Lipinski definition) is 4. The van der Waals surface area contributed by atoms with E-state index in [0.717, 1.165) is 29.8 Å². The van der Waals surface area contributed by atoms with E-state index in [4.69, 9.17) is 11.6 Å². The molecule has 0 saturated heterocycles. The molecule has 9 heteroatoms. The monoisotopic (exact) mass is 457 g/mol. The second-order valence-electron chi connectivity index (χ2n) is 9.23. The molecule has 2 unspecified atom stereocenters. The Morgan fingerprint density at radius 1 is 1.34 bits per heavy atom. The Morgan fingerprint density at radius 2 is 2.06 bits per heavy atom. The van der Waals surface area contributed by atoms with Crippen molar-refractivity contribution in [2.75, 3.05) is 5.32 Å². The highest BCUT2D eigenvalue weighted by molar-refractivity contribution is 6.31. The number of fused-ring (bicyclic) bond motifs is 1. The van der Waals surface area contributed by atoms with Crippen LogP contribution in [0.2, 0.25) is 5.02 Å². The van der Waals surface area contributed by atoms with Gasteiger partial charge in [0, 0.05) is 18.7 Å². The molecule has 32 heavy (non-hydrogen) atoms. The maximum absolute atomic E-state index is 13.4. The van der Waals surface area contributed by atoms with Gasteiger partial charge in [-0.05, 0) is 68.2 Å². The Balaban J connectivity index is 1.33. The maximum Gasteiger partial charge on any atom is 0.274 e. The van der Waals surface area contributed by atoms with Crippen molar-refractivity contribution < 1.29 is 14.3 Å². The van der Waals surface area contributed by atoms with Gasteiger partial charge in [0.1, 0.15) is 17.1 Å². The summed E-state index contributed by atoms with van der Waals surface area (Å²) in [5.74, 6) is 0.0391. The summed E-state index contributed by atoms with van der Waals surface area (Å²) < 4.78 is 15.2. The number of nitrogens with one attached hydrogen (secondary N) is 2. The molecule has 0 radical (unpaired) electrons. The molecular weight excluding hydrogens is 433 g/mol.